The minimum absolute atomic E-state index is 0.112. The molecule has 0 aliphatic rings. The van der Waals surface area contributed by atoms with E-state index in [1.54, 1.807) is 50.2 Å². The van der Waals surface area contributed by atoms with Crippen LogP contribution in [0.15, 0.2) is 58.3 Å². The summed E-state index contributed by atoms with van der Waals surface area (Å²) in [7, 11) is -7.02. The summed E-state index contributed by atoms with van der Waals surface area (Å²) in [6, 6.07) is 13.2. The van der Waals surface area contributed by atoms with Crippen molar-refractivity contribution in [3.05, 3.63) is 59.7 Å². The molecule has 0 amide bonds. The van der Waals surface area contributed by atoms with E-state index in [2.05, 4.69) is 4.72 Å². The molecule has 2 aromatic rings. The van der Waals surface area contributed by atoms with Crippen molar-refractivity contribution < 1.29 is 26.1 Å². The van der Waals surface area contributed by atoms with E-state index in [4.69, 9.17) is 4.18 Å². The molecule has 2 N–H and O–H groups in total. The van der Waals surface area contributed by atoms with Gasteiger partial charge in [0, 0.05) is 6.54 Å². The molecule has 0 aromatic heterocycles. The Morgan fingerprint density at radius 2 is 1.31 bits per heavy atom. The topological polar surface area (TPSA) is 110 Å². The lowest BCUT2D eigenvalue weighted by atomic mass is 10.2. The molecule has 0 spiro atoms. The van der Waals surface area contributed by atoms with Gasteiger partial charge in [0.1, 0.15) is 0 Å². The molecular formula is C20H29NO6S2. The maximum Gasteiger partial charge on any atom is 0.297 e. The maximum absolute atomic E-state index is 11.6. The fourth-order valence-corrected chi connectivity index (χ4v) is 4.03. The standard InChI is InChI=1S/C11H16O4S.C9H13NO2S/c1-3-10(12)8-15-16(13,14)11-6-4-9(2)5-7-11;1-3-10-13(11,12)9-6-4-8(2)5-7-9/h4-7,10,12H,3,8H2,1-2H3;4-7,10H,3H2,1-2H3. The van der Waals surface area contributed by atoms with Gasteiger partial charge < -0.3 is 5.11 Å². The molecule has 0 saturated carbocycles. The molecule has 0 radical (unpaired) electrons. The number of sulfonamides is 1. The Morgan fingerprint density at radius 1 is 0.862 bits per heavy atom. The molecule has 2 rings (SSSR count). The van der Waals surface area contributed by atoms with E-state index >= 15 is 0 Å². The van der Waals surface area contributed by atoms with Crippen molar-refractivity contribution in [1.29, 1.82) is 0 Å². The van der Waals surface area contributed by atoms with E-state index in [-0.39, 0.29) is 11.5 Å². The fourth-order valence-electron chi connectivity index (χ4n) is 2.05. The van der Waals surface area contributed by atoms with E-state index in [0.717, 1.165) is 11.1 Å². The van der Waals surface area contributed by atoms with Gasteiger partial charge in [0.25, 0.3) is 10.1 Å². The second kappa shape index (κ2) is 11.4. The number of aryl methyl sites for hydroxylation is 2. The van der Waals surface area contributed by atoms with Crippen molar-refractivity contribution in [2.45, 2.75) is 50.0 Å². The molecule has 0 aliphatic heterocycles. The smallest absolute Gasteiger partial charge is 0.297 e. The number of aliphatic hydroxyl groups excluding tert-OH is 1. The first-order valence-electron chi connectivity index (χ1n) is 9.22. The average Bonchev–Trinajstić information content (AvgIpc) is 2.67. The Balaban J connectivity index is 0.000000296. The summed E-state index contributed by atoms with van der Waals surface area (Å²) in [5.41, 5.74) is 2.03. The fraction of sp³-hybridized carbons (Fsp3) is 0.400. The maximum atomic E-state index is 11.6. The summed E-state index contributed by atoms with van der Waals surface area (Å²) in [6.07, 6.45) is -0.288. The molecular weight excluding hydrogens is 414 g/mol. The molecule has 9 heteroatoms. The summed E-state index contributed by atoms with van der Waals surface area (Å²) in [6.45, 7) is 7.52. The van der Waals surface area contributed by atoms with E-state index in [1.807, 2.05) is 13.8 Å². The number of aliphatic hydroxyl groups is 1. The third kappa shape index (κ3) is 8.63. The molecule has 2 aromatic carbocycles. The van der Waals surface area contributed by atoms with Crippen LogP contribution in [-0.4, -0.2) is 41.2 Å². The summed E-state index contributed by atoms with van der Waals surface area (Å²) < 4.78 is 53.3. The minimum atomic E-state index is -3.74. The minimum Gasteiger partial charge on any atom is -0.391 e. The third-order valence-corrected chi connectivity index (χ3v) is 6.72. The van der Waals surface area contributed by atoms with Crippen LogP contribution in [0.4, 0.5) is 0 Å². The highest BCUT2D eigenvalue weighted by Gasteiger charge is 2.16. The second-order valence-corrected chi connectivity index (χ2v) is 9.81. The van der Waals surface area contributed by atoms with Crippen molar-refractivity contribution >= 4 is 20.1 Å². The molecule has 162 valence electrons. The Kier molecular flexibility index (Phi) is 9.94. The van der Waals surface area contributed by atoms with Gasteiger partial charge in [-0.15, -0.1) is 0 Å². The van der Waals surface area contributed by atoms with Crippen LogP contribution in [0.5, 0.6) is 0 Å². The van der Waals surface area contributed by atoms with Crippen LogP contribution in [0, 0.1) is 13.8 Å². The monoisotopic (exact) mass is 443 g/mol. The largest absolute Gasteiger partial charge is 0.391 e. The quantitative estimate of drug-likeness (QED) is 0.607. The Hall–Kier alpha value is -1.78. The molecule has 0 bridgehead atoms. The summed E-state index contributed by atoms with van der Waals surface area (Å²) in [4.78, 5) is 0.432. The van der Waals surface area contributed by atoms with Crippen LogP contribution in [0.1, 0.15) is 31.4 Å². The van der Waals surface area contributed by atoms with Crippen molar-refractivity contribution in [3.8, 4) is 0 Å². The number of benzene rings is 2. The zero-order valence-electron chi connectivity index (χ0n) is 17.1. The van der Waals surface area contributed by atoms with Gasteiger partial charge in [-0.2, -0.15) is 8.42 Å². The Morgan fingerprint density at radius 3 is 1.72 bits per heavy atom. The molecule has 29 heavy (non-hydrogen) atoms. The highest BCUT2D eigenvalue weighted by atomic mass is 32.2. The van der Waals surface area contributed by atoms with E-state index < -0.39 is 26.2 Å². The van der Waals surface area contributed by atoms with Gasteiger partial charge in [0.15, 0.2) is 0 Å². The van der Waals surface area contributed by atoms with E-state index in [0.29, 0.717) is 17.9 Å². The van der Waals surface area contributed by atoms with Crippen LogP contribution in [0.25, 0.3) is 0 Å². The molecule has 7 nitrogen and oxygen atoms in total. The van der Waals surface area contributed by atoms with Crippen molar-refractivity contribution in [2.24, 2.45) is 0 Å². The van der Waals surface area contributed by atoms with Gasteiger partial charge in [-0.05, 0) is 44.5 Å². The lowest BCUT2D eigenvalue weighted by Gasteiger charge is -2.09. The van der Waals surface area contributed by atoms with Gasteiger partial charge in [-0.3, -0.25) is 4.18 Å². The normalized spacial score (nSPS) is 12.7. The van der Waals surface area contributed by atoms with Gasteiger partial charge in [0.05, 0.1) is 22.5 Å². The van der Waals surface area contributed by atoms with Gasteiger partial charge in [0.2, 0.25) is 10.0 Å². The molecule has 0 heterocycles. The summed E-state index contributed by atoms with van der Waals surface area (Å²) in [5.74, 6) is 0. The lowest BCUT2D eigenvalue weighted by Crippen LogP contribution is -2.22. The Bertz CT molecular complexity index is 953. The number of hydrogen-bond donors (Lipinski definition) is 2. The molecule has 1 unspecified atom stereocenters. The SMILES string of the molecule is CCC(O)COS(=O)(=O)c1ccc(C)cc1.CCNS(=O)(=O)c1ccc(C)cc1. The average molecular weight is 444 g/mol. The molecule has 0 saturated heterocycles. The van der Waals surface area contributed by atoms with Crippen LogP contribution in [0.2, 0.25) is 0 Å². The number of rotatable bonds is 8. The van der Waals surface area contributed by atoms with E-state index in [1.165, 1.54) is 12.1 Å². The van der Waals surface area contributed by atoms with Gasteiger partial charge in [-0.25, -0.2) is 13.1 Å². The van der Waals surface area contributed by atoms with Crippen LogP contribution in [0.3, 0.4) is 0 Å². The third-order valence-electron chi connectivity index (χ3n) is 3.86. The molecule has 0 fully saturated rings. The summed E-state index contributed by atoms with van der Waals surface area (Å²) in [5, 5.41) is 9.22. The van der Waals surface area contributed by atoms with Crippen LogP contribution >= 0.6 is 0 Å². The van der Waals surface area contributed by atoms with Gasteiger partial charge >= 0.3 is 0 Å². The van der Waals surface area contributed by atoms with Crippen LogP contribution in [-0.2, 0) is 24.3 Å². The second-order valence-electron chi connectivity index (χ2n) is 6.43. The summed E-state index contributed by atoms with van der Waals surface area (Å²) >= 11 is 0. The zero-order valence-corrected chi connectivity index (χ0v) is 18.8. The molecule has 1 atom stereocenters. The highest BCUT2D eigenvalue weighted by Crippen LogP contribution is 2.13. The van der Waals surface area contributed by atoms with Crippen molar-refractivity contribution in [2.75, 3.05) is 13.2 Å². The first kappa shape index (κ1) is 25.3. The lowest BCUT2D eigenvalue weighted by molar-refractivity contribution is 0.107. The first-order chi connectivity index (χ1) is 13.5. The van der Waals surface area contributed by atoms with Gasteiger partial charge in [-0.1, -0.05) is 49.2 Å². The van der Waals surface area contributed by atoms with Crippen molar-refractivity contribution in [3.63, 3.8) is 0 Å². The predicted molar refractivity (Wildman–Crippen MR) is 113 cm³/mol. The number of hydrogen-bond acceptors (Lipinski definition) is 6. The van der Waals surface area contributed by atoms with E-state index in [9.17, 15) is 21.9 Å². The Labute approximate surface area is 173 Å². The zero-order chi connectivity index (χ0) is 22.1. The first-order valence-corrected chi connectivity index (χ1v) is 12.1. The highest BCUT2D eigenvalue weighted by molar-refractivity contribution is 7.89. The molecule has 0 aliphatic carbocycles. The van der Waals surface area contributed by atoms with Crippen LogP contribution < -0.4 is 4.72 Å². The predicted octanol–water partition coefficient (Wildman–Crippen LogP) is 2.76. The number of nitrogens with one attached hydrogen (secondary N) is 1. The van der Waals surface area contributed by atoms with Crippen molar-refractivity contribution in [1.82, 2.24) is 4.72 Å².